The molecule has 4 aromatic rings. The molecule has 54 heavy (non-hydrogen) atoms. The van der Waals surface area contributed by atoms with Crippen molar-refractivity contribution in [3.8, 4) is 28.5 Å². The molecule has 0 unspecified atom stereocenters. The Kier molecular flexibility index (Phi) is 11.3. The molecule has 3 heterocycles. The number of rotatable bonds is 6. The van der Waals surface area contributed by atoms with Gasteiger partial charge in [0.2, 0.25) is 11.8 Å². The number of hydrogen-bond donors (Lipinski definition) is 3. The van der Waals surface area contributed by atoms with Crippen LogP contribution >= 0.6 is 0 Å². The van der Waals surface area contributed by atoms with Crippen LogP contribution in [0.25, 0.3) is 22.2 Å². The fourth-order valence-corrected chi connectivity index (χ4v) is 6.49. The van der Waals surface area contributed by atoms with E-state index in [1.807, 2.05) is 42.5 Å². The number of alkyl carbamates (subject to hydrolysis) is 1. The van der Waals surface area contributed by atoms with Gasteiger partial charge in [0, 0.05) is 35.9 Å². The molecule has 0 saturated carbocycles. The van der Waals surface area contributed by atoms with Crippen molar-refractivity contribution in [3.05, 3.63) is 96.6 Å². The Labute approximate surface area is 313 Å². The average molecular weight is 737 g/mol. The fraction of sp³-hybridized carbons (Fsp3) is 0.341. The number of ether oxygens (including phenoxy) is 4. The first-order valence-corrected chi connectivity index (χ1v) is 17.8. The topological polar surface area (TPSA) is 166 Å². The van der Waals surface area contributed by atoms with Crippen LogP contribution in [0.1, 0.15) is 39.2 Å². The molecule has 1 fully saturated rings. The molecule has 1 aromatic heterocycles. The molecule has 3 N–H and O–H groups in total. The molecule has 0 radical (unpaired) electrons. The van der Waals surface area contributed by atoms with Gasteiger partial charge in [0.15, 0.2) is 0 Å². The van der Waals surface area contributed by atoms with E-state index in [-0.39, 0.29) is 32.4 Å². The van der Waals surface area contributed by atoms with Gasteiger partial charge in [0.05, 0.1) is 24.9 Å². The van der Waals surface area contributed by atoms with Gasteiger partial charge in [0.1, 0.15) is 53.7 Å². The predicted molar refractivity (Wildman–Crippen MR) is 200 cm³/mol. The SMILES string of the molecule is COc1ccc2c(O[C@@H]3C[C@H]4C(=O)N[C@@H](C(=O)O)Cc5cccc(c5)OC/C=C\C[C@@H](NC(=O)OC(C)(C)C)C(=O)N4C3)cc(-c3ccccc3)nc2c1. The van der Waals surface area contributed by atoms with E-state index >= 15 is 0 Å². The van der Waals surface area contributed by atoms with E-state index < -0.39 is 53.7 Å². The lowest BCUT2D eigenvalue weighted by Crippen LogP contribution is -2.55. The maximum Gasteiger partial charge on any atom is 0.408 e. The van der Waals surface area contributed by atoms with E-state index in [1.165, 1.54) is 4.90 Å². The largest absolute Gasteiger partial charge is 0.497 e. The number of carboxylic acid groups (broad SMARTS) is 1. The molecule has 282 valence electrons. The number of nitrogens with zero attached hydrogens (tertiary/aromatic N) is 2. The molecule has 2 aliphatic heterocycles. The number of carboxylic acids is 1. The third-order valence-electron chi connectivity index (χ3n) is 9.02. The van der Waals surface area contributed by atoms with Gasteiger partial charge in [-0.15, -0.1) is 0 Å². The third kappa shape index (κ3) is 9.27. The summed E-state index contributed by atoms with van der Waals surface area (Å²) >= 11 is 0. The maximum atomic E-state index is 14.4. The highest BCUT2D eigenvalue weighted by atomic mass is 16.6. The summed E-state index contributed by atoms with van der Waals surface area (Å²) in [6, 6.07) is 20.3. The zero-order valence-corrected chi connectivity index (χ0v) is 30.6. The molecule has 2 bridgehead atoms. The molecule has 2 aliphatic rings. The highest BCUT2D eigenvalue weighted by Gasteiger charge is 2.44. The second-order valence-corrected chi connectivity index (χ2v) is 14.2. The van der Waals surface area contributed by atoms with E-state index in [2.05, 4.69) is 10.6 Å². The predicted octanol–water partition coefficient (Wildman–Crippen LogP) is 5.30. The van der Waals surface area contributed by atoms with Crippen LogP contribution in [0.4, 0.5) is 4.79 Å². The summed E-state index contributed by atoms with van der Waals surface area (Å²) in [5.74, 6) is -0.858. The Hall–Kier alpha value is -6.11. The summed E-state index contributed by atoms with van der Waals surface area (Å²) in [7, 11) is 1.57. The van der Waals surface area contributed by atoms with Crippen LogP contribution < -0.4 is 24.8 Å². The Morgan fingerprint density at radius 2 is 1.80 bits per heavy atom. The molecule has 6 rings (SSSR count). The molecule has 0 spiro atoms. The molecular weight excluding hydrogens is 692 g/mol. The van der Waals surface area contributed by atoms with Crippen molar-refractivity contribution in [1.82, 2.24) is 20.5 Å². The minimum absolute atomic E-state index is 0.0216. The number of methoxy groups -OCH3 is 1. The first-order valence-electron chi connectivity index (χ1n) is 17.8. The lowest BCUT2D eigenvalue weighted by molar-refractivity contribution is -0.144. The summed E-state index contributed by atoms with van der Waals surface area (Å²) in [6.45, 7) is 5.27. The van der Waals surface area contributed by atoms with Crippen LogP contribution in [0.3, 0.4) is 0 Å². The number of carbonyl (C=O) groups is 4. The fourth-order valence-electron chi connectivity index (χ4n) is 6.49. The minimum Gasteiger partial charge on any atom is -0.497 e. The quantitative estimate of drug-likeness (QED) is 0.221. The van der Waals surface area contributed by atoms with E-state index in [1.54, 1.807) is 76.4 Å². The number of aliphatic carboxylic acids is 1. The monoisotopic (exact) mass is 736 g/mol. The maximum absolute atomic E-state index is 14.4. The van der Waals surface area contributed by atoms with Crippen LogP contribution in [-0.2, 0) is 25.5 Å². The lowest BCUT2D eigenvalue weighted by Gasteiger charge is -2.29. The summed E-state index contributed by atoms with van der Waals surface area (Å²) in [5.41, 5.74) is 1.94. The molecule has 0 aliphatic carbocycles. The Morgan fingerprint density at radius 1 is 1.00 bits per heavy atom. The first-order chi connectivity index (χ1) is 25.9. The van der Waals surface area contributed by atoms with Crippen molar-refractivity contribution < 1.29 is 43.2 Å². The molecule has 1 saturated heterocycles. The zero-order chi connectivity index (χ0) is 38.4. The van der Waals surface area contributed by atoms with Crippen molar-refractivity contribution in [2.24, 2.45) is 0 Å². The minimum atomic E-state index is -1.30. The zero-order valence-electron chi connectivity index (χ0n) is 30.6. The molecule has 13 nitrogen and oxygen atoms in total. The highest BCUT2D eigenvalue weighted by Crippen LogP contribution is 2.35. The second-order valence-electron chi connectivity index (χ2n) is 14.2. The number of pyridine rings is 1. The smallest absolute Gasteiger partial charge is 0.408 e. The average Bonchev–Trinajstić information content (AvgIpc) is 3.56. The van der Waals surface area contributed by atoms with Crippen molar-refractivity contribution in [2.45, 2.75) is 69.9 Å². The van der Waals surface area contributed by atoms with Crippen LogP contribution in [0, 0.1) is 0 Å². The number of amides is 3. The summed E-state index contributed by atoms with van der Waals surface area (Å²) in [5, 5.41) is 16.2. The summed E-state index contributed by atoms with van der Waals surface area (Å²) in [6.07, 6.45) is 2.03. The standard InChI is InChI=1S/C41H44N4O9/c1-41(2,3)54-40(50)44-31-15-8-9-18-52-28-14-10-11-25(19-28)20-34(39(48)49)43-37(46)35-22-29(24-45(35)38(31)47)53-36-23-32(26-12-6-5-7-13-26)42-33-21-27(51-4)16-17-30(33)36/h5-14,16-17,19,21,23,29,31,34-35H,15,18,20,22,24H2,1-4H3,(H,43,46)(H,44,50)(H,48,49)/b9-8-/t29-,31-,34-,35+/m1/s1. The molecule has 3 aromatic carbocycles. The lowest BCUT2D eigenvalue weighted by atomic mass is 10.0. The van der Waals surface area contributed by atoms with Gasteiger partial charge in [-0.25, -0.2) is 14.6 Å². The van der Waals surface area contributed by atoms with E-state index in [0.29, 0.717) is 39.4 Å². The van der Waals surface area contributed by atoms with E-state index in [4.69, 9.17) is 23.9 Å². The molecule has 4 atom stereocenters. The van der Waals surface area contributed by atoms with Gasteiger partial charge >= 0.3 is 12.1 Å². The van der Waals surface area contributed by atoms with Crippen LogP contribution in [0.15, 0.2) is 91.0 Å². The number of aromatic nitrogens is 1. The number of fused-ring (bicyclic) bond motifs is 4. The van der Waals surface area contributed by atoms with E-state index in [9.17, 15) is 24.3 Å². The third-order valence-corrected chi connectivity index (χ3v) is 9.02. The Morgan fingerprint density at radius 3 is 2.54 bits per heavy atom. The van der Waals surface area contributed by atoms with Gasteiger partial charge in [-0.3, -0.25) is 9.59 Å². The molecule has 3 amide bonds. The molecular formula is C41H44N4O9. The van der Waals surface area contributed by atoms with E-state index in [0.717, 1.165) is 5.56 Å². The van der Waals surface area contributed by atoms with Crippen LogP contribution in [0.2, 0.25) is 0 Å². The van der Waals surface area contributed by atoms with Gasteiger partial charge in [-0.05, 0) is 57.0 Å². The number of hydrogen-bond acceptors (Lipinski definition) is 9. The Balaban J connectivity index is 1.36. The van der Waals surface area contributed by atoms with Crippen molar-refractivity contribution in [1.29, 1.82) is 0 Å². The normalized spacial score (nSPS) is 21.3. The number of nitrogens with one attached hydrogen (secondary N) is 2. The van der Waals surface area contributed by atoms with Gasteiger partial charge in [-0.1, -0.05) is 54.6 Å². The van der Waals surface area contributed by atoms with Crippen LogP contribution in [0.5, 0.6) is 17.2 Å². The number of benzene rings is 3. The van der Waals surface area contributed by atoms with Crippen molar-refractivity contribution in [2.75, 3.05) is 20.3 Å². The Bertz CT molecular complexity index is 2050. The van der Waals surface area contributed by atoms with Crippen molar-refractivity contribution >= 4 is 34.8 Å². The number of carbonyl (C=O) groups excluding carboxylic acids is 3. The van der Waals surface area contributed by atoms with Crippen LogP contribution in [-0.4, -0.2) is 89.0 Å². The summed E-state index contributed by atoms with van der Waals surface area (Å²) < 4.78 is 23.4. The van der Waals surface area contributed by atoms with Gasteiger partial charge < -0.3 is 39.6 Å². The molecule has 13 heteroatoms. The summed E-state index contributed by atoms with van der Waals surface area (Å²) in [4.78, 5) is 60.2. The van der Waals surface area contributed by atoms with Gasteiger partial charge in [0.25, 0.3) is 0 Å². The second kappa shape index (κ2) is 16.3. The first kappa shape index (κ1) is 37.6. The highest BCUT2D eigenvalue weighted by molar-refractivity contribution is 5.94. The van der Waals surface area contributed by atoms with Crippen molar-refractivity contribution in [3.63, 3.8) is 0 Å². The van der Waals surface area contributed by atoms with Gasteiger partial charge in [-0.2, -0.15) is 0 Å².